The molecule has 2 aliphatic carbocycles. The third-order valence-electron chi connectivity index (χ3n) is 5.40. The second kappa shape index (κ2) is 7.15. The normalized spacial score (nSPS) is 36.0. The van der Waals surface area contributed by atoms with Crippen LogP contribution in [0.1, 0.15) is 64.7 Å². The van der Waals surface area contributed by atoms with E-state index in [1.54, 1.807) is 0 Å². The number of alkyl halides is 3. The number of hydrogen-bond donors (Lipinski definition) is 1. The van der Waals surface area contributed by atoms with Crippen LogP contribution in [0.4, 0.5) is 13.2 Å². The van der Waals surface area contributed by atoms with Gasteiger partial charge in [0.1, 0.15) is 0 Å². The maximum Gasteiger partial charge on any atom is 0.393 e. The Hall–Kier alpha value is -0.250. The summed E-state index contributed by atoms with van der Waals surface area (Å²) in [6.07, 6.45) is 4.78. The lowest BCUT2D eigenvalue weighted by Crippen LogP contribution is -2.47. The summed E-state index contributed by atoms with van der Waals surface area (Å²) < 4.78 is 39.0. The Balaban J connectivity index is 1.77. The Bertz CT molecular complexity index is 282. The average Bonchev–Trinajstić information content (AvgIpc) is 2.45. The summed E-state index contributed by atoms with van der Waals surface area (Å²) in [7, 11) is 0. The fraction of sp³-hybridized carbons (Fsp3) is 1.00. The van der Waals surface area contributed by atoms with Crippen molar-refractivity contribution in [1.82, 2.24) is 5.32 Å². The number of rotatable bonds is 4. The van der Waals surface area contributed by atoms with Crippen LogP contribution in [0.2, 0.25) is 0 Å². The van der Waals surface area contributed by atoms with Crippen LogP contribution in [0, 0.1) is 17.8 Å². The third kappa shape index (κ3) is 4.37. The molecule has 2 aliphatic rings. The minimum Gasteiger partial charge on any atom is -0.313 e. The highest BCUT2D eigenvalue weighted by Crippen LogP contribution is 2.38. The molecule has 118 valence electrons. The van der Waals surface area contributed by atoms with Crippen molar-refractivity contribution in [3.8, 4) is 0 Å². The molecule has 2 unspecified atom stereocenters. The summed E-state index contributed by atoms with van der Waals surface area (Å²) in [5, 5.41) is 3.26. The van der Waals surface area contributed by atoms with Crippen LogP contribution < -0.4 is 5.32 Å². The first kappa shape index (κ1) is 16.1. The molecule has 2 saturated carbocycles. The van der Waals surface area contributed by atoms with E-state index in [9.17, 15) is 13.2 Å². The highest BCUT2D eigenvalue weighted by atomic mass is 19.4. The van der Waals surface area contributed by atoms with Gasteiger partial charge in [-0.25, -0.2) is 0 Å². The molecule has 0 saturated heterocycles. The minimum atomic E-state index is -4.03. The molecule has 0 aliphatic heterocycles. The zero-order valence-corrected chi connectivity index (χ0v) is 12.5. The van der Waals surface area contributed by atoms with E-state index in [0.717, 1.165) is 25.3 Å². The van der Waals surface area contributed by atoms with Crippen LogP contribution in [0.3, 0.4) is 0 Å². The van der Waals surface area contributed by atoms with Gasteiger partial charge in [-0.3, -0.25) is 0 Å². The Morgan fingerprint density at radius 1 is 0.900 bits per heavy atom. The van der Waals surface area contributed by atoms with E-state index in [4.69, 9.17) is 0 Å². The van der Waals surface area contributed by atoms with Gasteiger partial charge < -0.3 is 5.32 Å². The van der Waals surface area contributed by atoms with Crippen molar-refractivity contribution in [2.24, 2.45) is 17.8 Å². The molecule has 2 rings (SSSR count). The van der Waals surface area contributed by atoms with Gasteiger partial charge in [0, 0.05) is 6.04 Å². The predicted molar refractivity (Wildman–Crippen MR) is 75.5 cm³/mol. The fourth-order valence-corrected chi connectivity index (χ4v) is 3.93. The van der Waals surface area contributed by atoms with E-state index in [2.05, 4.69) is 12.2 Å². The van der Waals surface area contributed by atoms with Crippen LogP contribution >= 0.6 is 0 Å². The highest BCUT2D eigenvalue weighted by molar-refractivity contribution is 4.86. The zero-order chi connectivity index (χ0) is 14.6. The smallest absolute Gasteiger partial charge is 0.313 e. The van der Waals surface area contributed by atoms with Gasteiger partial charge in [0.2, 0.25) is 0 Å². The van der Waals surface area contributed by atoms with Crippen molar-refractivity contribution in [3.05, 3.63) is 0 Å². The predicted octanol–water partition coefficient (Wildman–Crippen LogP) is 4.91. The first-order valence-electron chi connectivity index (χ1n) is 8.30. The van der Waals surface area contributed by atoms with Gasteiger partial charge >= 0.3 is 6.18 Å². The Kier molecular flexibility index (Phi) is 5.76. The summed E-state index contributed by atoms with van der Waals surface area (Å²) in [6, 6.07) is -0.340. The van der Waals surface area contributed by atoms with E-state index in [-0.39, 0.29) is 6.04 Å². The summed E-state index contributed by atoms with van der Waals surface area (Å²) in [5.74, 6) is 0.320. The van der Waals surface area contributed by atoms with Crippen molar-refractivity contribution in [3.63, 3.8) is 0 Å². The maximum absolute atomic E-state index is 13.0. The Morgan fingerprint density at radius 3 is 2.10 bits per heavy atom. The lowest BCUT2D eigenvalue weighted by molar-refractivity contribution is -0.189. The maximum atomic E-state index is 13.0. The summed E-state index contributed by atoms with van der Waals surface area (Å²) in [5.41, 5.74) is 0. The van der Waals surface area contributed by atoms with Crippen LogP contribution in [0.25, 0.3) is 0 Å². The minimum absolute atomic E-state index is 0.309. The molecule has 0 spiro atoms. The second-order valence-electron chi connectivity index (χ2n) is 6.74. The summed E-state index contributed by atoms with van der Waals surface area (Å²) >= 11 is 0. The van der Waals surface area contributed by atoms with Crippen molar-refractivity contribution in [1.29, 1.82) is 0 Å². The molecule has 0 radical (unpaired) electrons. The molecule has 1 nitrogen and oxygen atoms in total. The number of halogens is 3. The molecule has 20 heavy (non-hydrogen) atoms. The van der Waals surface area contributed by atoms with Crippen molar-refractivity contribution in [2.45, 2.75) is 76.9 Å². The SMILES string of the molecule is CCC1CCC(CNC2CCCCC2C(F)(F)F)CC1. The molecule has 0 amide bonds. The fourth-order valence-electron chi connectivity index (χ4n) is 3.93. The molecule has 0 heterocycles. The van der Waals surface area contributed by atoms with Gasteiger partial charge in [-0.05, 0) is 44.1 Å². The number of nitrogens with one attached hydrogen (secondary N) is 1. The third-order valence-corrected chi connectivity index (χ3v) is 5.40. The Labute approximate surface area is 120 Å². The van der Waals surface area contributed by atoms with E-state index in [1.165, 1.54) is 32.1 Å². The van der Waals surface area contributed by atoms with Gasteiger partial charge in [-0.15, -0.1) is 0 Å². The van der Waals surface area contributed by atoms with Gasteiger partial charge in [0.15, 0.2) is 0 Å². The quantitative estimate of drug-likeness (QED) is 0.775. The van der Waals surface area contributed by atoms with Crippen LogP contribution in [-0.2, 0) is 0 Å². The summed E-state index contributed by atoms with van der Waals surface area (Å²) in [6.45, 7) is 3.02. The standard InChI is InChI=1S/C16H28F3N/c1-2-12-7-9-13(10-8-12)11-20-15-6-4-3-5-14(15)16(17,18)19/h12-15,20H,2-11H2,1H3. The molecule has 2 fully saturated rings. The Morgan fingerprint density at radius 2 is 1.50 bits per heavy atom. The molecule has 0 aromatic heterocycles. The molecular formula is C16H28F3N. The molecule has 4 heteroatoms. The van der Waals surface area contributed by atoms with E-state index in [0.29, 0.717) is 18.8 Å². The molecule has 0 bridgehead atoms. The van der Waals surface area contributed by atoms with Gasteiger partial charge in [-0.1, -0.05) is 39.0 Å². The van der Waals surface area contributed by atoms with Crippen LogP contribution in [0.5, 0.6) is 0 Å². The first-order valence-corrected chi connectivity index (χ1v) is 8.30. The van der Waals surface area contributed by atoms with Crippen molar-refractivity contribution in [2.75, 3.05) is 6.54 Å². The van der Waals surface area contributed by atoms with Gasteiger partial charge in [0.25, 0.3) is 0 Å². The molecule has 1 N–H and O–H groups in total. The molecule has 0 aromatic rings. The second-order valence-corrected chi connectivity index (χ2v) is 6.74. The highest BCUT2D eigenvalue weighted by Gasteiger charge is 2.45. The monoisotopic (exact) mass is 291 g/mol. The van der Waals surface area contributed by atoms with Crippen molar-refractivity contribution >= 4 is 0 Å². The van der Waals surface area contributed by atoms with Gasteiger partial charge in [-0.2, -0.15) is 13.2 Å². The van der Waals surface area contributed by atoms with E-state index in [1.807, 2.05) is 0 Å². The average molecular weight is 291 g/mol. The first-order chi connectivity index (χ1) is 9.50. The molecule has 0 aromatic carbocycles. The van der Waals surface area contributed by atoms with Crippen molar-refractivity contribution < 1.29 is 13.2 Å². The topological polar surface area (TPSA) is 12.0 Å². The largest absolute Gasteiger partial charge is 0.393 e. The van der Waals surface area contributed by atoms with Crippen LogP contribution in [-0.4, -0.2) is 18.8 Å². The molecule has 2 atom stereocenters. The lowest BCUT2D eigenvalue weighted by Gasteiger charge is -2.35. The van der Waals surface area contributed by atoms with E-state index < -0.39 is 12.1 Å². The summed E-state index contributed by atoms with van der Waals surface area (Å²) in [4.78, 5) is 0. The molecular weight excluding hydrogens is 263 g/mol. The lowest BCUT2D eigenvalue weighted by atomic mass is 9.80. The van der Waals surface area contributed by atoms with Crippen LogP contribution in [0.15, 0.2) is 0 Å². The van der Waals surface area contributed by atoms with E-state index >= 15 is 0 Å². The van der Waals surface area contributed by atoms with Gasteiger partial charge in [0.05, 0.1) is 5.92 Å². The zero-order valence-electron chi connectivity index (χ0n) is 12.5. The number of hydrogen-bond acceptors (Lipinski definition) is 1.